The summed E-state index contributed by atoms with van der Waals surface area (Å²) in [6, 6.07) is 0. The van der Waals surface area contributed by atoms with Gasteiger partial charge in [-0.1, -0.05) is 96.8 Å². The maximum atomic E-state index is 10.2. The van der Waals surface area contributed by atoms with E-state index in [1.54, 1.807) is 0 Å². The van der Waals surface area contributed by atoms with Crippen LogP contribution >= 0.6 is 0 Å². The van der Waals surface area contributed by atoms with Crippen LogP contribution in [0.1, 0.15) is 110 Å². The first kappa shape index (κ1) is 32.4. The maximum Gasteiger partial charge on any atom is 1.00 e. The zero-order valence-electron chi connectivity index (χ0n) is 16.0. The molecule has 0 rings (SSSR count). The monoisotopic (exact) mass is 364 g/mol. The number of hydrogen-bond acceptors (Lipinski definition) is 2. The van der Waals surface area contributed by atoms with E-state index in [1.165, 1.54) is 83.5 Å². The normalized spacial score (nSPS) is 9.43. The molecule has 0 bridgehead atoms. The molecule has 0 unspecified atom stereocenters. The van der Waals surface area contributed by atoms with Gasteiger partial charge in [0.15, 0.2) is 0 Å². The van der Waals surface area contributed by atoms with Gasteiger partial charge in [-0.2, -0.15) is 0 Å². The van der Waals surface area contributed by atoms with Crippen LogP contribution in [0.4, 0.5) is 0 Å². The third kappa shape index (κ3) is 32.0. The Kier molecular flexibility index (Phi) is 40.3. The molecule has 0 aromatic rings. The van der Waals surface area contributed by atoms with Crippen LogP contribution in [-0.2, 0) is 4.79 Å². The summed E-state index contributed by atoms with van der Waals surface area (Å²) in [6.07, 6.45) is 19.9. The van der Waals surface area contributed by atoms with Gasteiger partial charge in [0.2, 0.25) is 0 Å². The smallest absolute Gasteiger partial charge is 1.00 e. The zero-order chi connectivity index (χ0) is 14.9. The molecule has 0 N–H and O–H groups in total. The van der Waals surface area contributed by atoms with Gasteiger partial charge in [0.1, 0.15) is 0 Å². The van der Waals surface area contributed by atoms with Crippen LogP contribution in [-0.4, -0.2) is 5.97 Å². The van der Waals surface area contributed by atoms with Crippen molar-refractivity contribution in [2.75, 3.05) is 0 Å². The maximum absolute atomic E-state index is 10.2. The molecular weight excluding hydrogens is 330 g/mol. The predicted octanol–water partition coefficient (Wildman–Crippen LogP) is -3.99. The molecule has 2 nitrogen and oxygen atoms in total. The SMILES string of the molecule is CCCCCCCCCCCCCCCCCC(=O)[O-].[Cl-].[Na+].[Na+]. The minimum absolute atomic E-state index is 0. The molecule has 0 aliphatic rings. The van der Waals surface area contributed by atoms with Gasteiger partial charge in [-0.3, -0.25) is 0 Å². The van der Waals surface area contributed by atoms with Crippen LogP contribution < -0.4 is 76.6 Å². The Morgan fingerprint density at radius 2 is 0.870 bits per heavy atom. The summed E-state index contributed by atoms with van der Waals surface area (Å²) in [5.74, 6) is -0.903. The Morgan fingerprint density at radius 3 is 1.13 bits per heavy atom. The van der Waals surface area contributed by atoms with E-state index >= 15 is 0 Å². The van der Waals surface area contributed by atoms with Crippen molar-refractivity contribution in [3.8, 4) is 0 Å². The zero-order valence-corrected chi connectivity index (χ0v) is 20.8. The molecule has 0 saturated heterocycles. The summed E-state index contributed by atoms with van der Waals surface area (Å²) in [5, 5.41) is 10.2. The van der Waals surface area contributed by atoms with Crippen LogP contribution in [0.25, 0.3) is 0 Å². The number of carbonyl (C=O) groups excluding carboxylic acids is 1. The molecule has 0 saturated carbocycles. The van der Waals surface area contributed by atoms with E-state index in [0.29, 0.717) is 0 Å². The number of carboxylic acids is 1. The topological polar surface area (TPSA) is 40.1 Å². The number of carboxylic acid groups (broad SMARTS) is 1. The minimum Gasteiger partial charge on any atom is -1.00 e. The van der Waals surface area contributed by atoms with Gasteiger partial charge in [-0.15, -0.1) is 0 Å². The molecule has 0 heterocycles. The van der Waals surface area contributed by atoms with E-state index in [-0.39, 0.29) is 77.9 Å². The number of rotatable bonds is 16. The Morgan fingerprint density at radius 1 is 0.609 bits per heavy atom. The van der Waals surface area contributed by atoms with Gasteiger partial charge in [0.05, 0.1) is 0 Å². The van der Waals surface area contributed by atoms with Crippen LogP contribution in [0, 0.1) is 0 Å². The number of carbonyl (C=O) groups is 1. The van der Waals surface area contributed by atoms with Gasteiger partial charge < -0.3 is 22.3 Å². The quantitative estimate of drug-likeness (QED) is 0.207. The molecule has 0 aliphatic carbocycles. The molecule has 0 spiro atoms. The van der Waals surface area contributed by atoms with E-state index in [2.05, 4.69) is 6.92 Å². The Bertz CT molecular complexity index is 217. The van der Waals surface area contributed by atoms with E-state index < -0.39 is 5.97 Å². The predicted molar refractivity (Wildman–Crippen MR) is 84.6 cm³/mol. The molecular formula is C18H35ClNa2O2. The average Bonchev–Trinajstić information content (AvgIpc) is 2.43. The first-order valence-corrected chi connectivity index (χ1v) is 8.97. The van der Waals surface area contributed by atoms with E-state index in [9.17, 15) is 9.90 Å². The Hall–Kier alpha value is 1.76. The van der Waals surface area contributed by atoms with E-state index in [1.807, 2.05) is 0 Å². The first-order valence-electron chi connectivity index (χ1n) is 8.97. The van der Waals surface area contributed by atoms with Crippen LogP contribution in [0.3, 0.4) is 0 Å². The number of hydrogen-bond donors (Lipinski definition) is 0. The first-order chi connectivity index (χ1) is 9.77. The van der Waals surface area contributed by atoms with E-state index in [0.717, 1.165) is 12.8 Å². The van der Waals surface area contributed by atoms with E-state index in [4.69, 9.17) is 0 Å². The van der Waals surface area contributed by atoms with Crippen molar-refractivity contribution in [2.24, 2.45) is 0 Å². The van der Waals surface area contributed by atoms with Crippen molar-refractivity contribution in [3.05, 3.63) is 0 Å². The molecule has 0 amide bonds. The Balaban J connectivity index is -0.000000602. The van der Waals surface area contributed by atoms with Crippen LogP contribution in [0.2, 0.25) is 0 Å². The van der Waals surface area contributed by atoms with Gasteiger partial charge >= 0.3 is 59.1 Å². The second-order valence-electron chi connectivity index (χ2n) is 6.07. The van der Waals surface area contributed by atoms with Gasteiger partial charge in [-0.05, 0) is 12.8 Å². The fourth-order valence-electron chi connectivity index (χ4n) is 2.64. The number of aliphatic carboxylic acids is 1. The average molecular weight is 365 g/mol. The molecule has 0 aromatic heterocycles. The molecule has 5 heteroatoms. The molecule has 0 atom stereocenters. The molecule has 0 aromatic carbocycles. The summed E-state index contributed by atoms with van der Waals surface area (Å²) in [5.41, 5.74) is 0. The molecule has 0 radical (unpaired) electrons. The van der Waals surface area contributed by atoms with Crippen molar-refractivity contribution in [1.82, 2.24) is 0 Å². The summed E-state index contributed by atoms with van der Waals surface area (Å²) in [7, 11) is 0. The van der Waals surface area contributed by atoms with Crippen LogP contribution in [0.15, 0.2) is 0 Å². The summed E-state index contributed by atoms with van der Waals surface area (Å²) in [6.45, 7) is 2.27. The summed E-state index contributed by atoms with van der Waals surface area (Å²) < 4.78 is 0. The minimum atomic E-state index is -0.903. The second kappa shape index (κ2) is 28.6. The van der Waals surface area contributed by atoms with Crippen molar-refractivity contribution in [3.63, 3.8) is 0 Å². The largest absolute Gasteiger partial charge is 1.00 e. The molecule has 0 aliphatic heterocycles. The van der Waals surface area contributed by atoms with Crippen LogP contribution in [0.5, 0.6) is 0 Å². The van der Waals surface area contributed by atoms with Crippen molar-refractivity contribution < 1.29 is 81.4 Å². The van der Waals surface area contributed by atoms with Gasteiger partial charge in [0, 0.05) is 5.97 Å². The summed E-state index contributed by atoms with van der Waals surface area (Å²) >= 11 is 0. The fraction of sp³-hybridized carbons (Fsp3) is 0.944. The fourth-order valence-corrected chi connectivity index (χ4v) is 2.64. The van der Waals surface area contributed by atoms with Crippen molar-refractivity contribution in [2.45, 2.75) is 110 Å². The van der Waals surface area contributed by atoms with Gasteiger partial charge in [0.25, 0.3) is 0 Å². The molecule has 128 valence electrons. The Labute approximate surface area is 195 Å². The van der Waals surface area contributed by atoms with Crippen molar-refractivity contribution >= 4 is 5.97 Å². The second-order valence-corrected chi connectivity index (χ2v) is 6.07. The molecule has 0 fully saturated rings. The number of unbranched alkanes of at least 4 members (excludes halogenated alkanes) is 14. The third-order valence-electron chi connectivity index (χ3n) is 3.98. The number of halogens is 1. The van der Waals surface area contributed by atoms with Gasteiger partial charge in [-0.25, -0.2) is 0 Å². The van der Waals surface area contributed by atoms with Crippen molar-refractivity contribution in [1.29, 1.82) is 0 Å². The standard InChI is InChI=1S/C18H36O2.ClH.2Na/c1-2-3-4-5-6-7-8-9-10-11-12-13-14-15-16-17-18(19)20;;;/h2-17H2,1H3,(H,19,20);1H;;/q;;2*+1/p-2. The summed E-state index contributed by atoms with van der Waals surface area (Å²) in [4.78, 5) is 10.2. The molecule has 23 heavy (non-hydrogen) atoms. The third-order valence-corrected chi connectivity index (χ3v) is 3.98.